The van der Waals surface area contributed by atoms with Crippen LogP contribution in [0.5, 0.6) is 0 Å². The first-order valence-corrected chi connectivity index (χ1v) is 6.88. The molecular weight excluding hydrogens is 286 g/mol. The minimum atomic E-state index is -0.595. The highest BCUT2D eigenvalue weighted by atomic mass is 35.5. The van der Waals surface area contributed by atoms with Crippen LogP contribution in [0.15, 0.2) is 0 Å². The molecule has 0 aromatic carbocycles. The van der Waals surface area contributed by atoms with Crippen molar-refractivity contribution >= 4 is 12.4 Å². The molecule has 7 heteroatoms. The molecule has 2 fully saturated rings. The van der Waals surface area contributed by atoms with Gasteiger partial charge < -0.3 is 24.1 Å². The molecule has 0 bridgehead atoms. The van der Waals surface area contributed by atoms with Crippen LogP contribution in [0.4, 0.5) is 0 Å². The molecule has 0 aromatic heterocycles. The molecule has 2 saturated heterocycles. The number of fused-ring (bicyclic) bond motifs is 1. The molecular formula is C13H26ClNO5. The maximum atomic E-state index is 9.05. The average Bonchev–Trinajstić information content (AvgIpc) is 2.83. The number of aliphatic hydroxyl groups is 1. The monoisotopic (exact) mass is 311 g/mol. The van der Waals surface area contributed by atoms with Crippen molar-refractivity contribution in [3.8, 4) is 0 Å². The summed E-state index contributed by atoms with van der Waals surface area (Å²) in [6.07, 6.45) is -0.779. The summed E-state index contributed by atoms with van der Waals surface area (Å²) < 4.78 is 22.9. The van der Waals surface area contributed by atoms with Crippen molar-refractivity contribution in [1.29, 1.82) is 0 Å². The van der Waals surface area contributed by atoms with Crippen LogP contribution in [-0.4, -0.2) is 73.7 Å². The van der Waals surface area contributed by atoms with Gasteiger partial charge in [0.25, 0.3) is 0 Å². The fourth-order valence-electron chi connectivity index (χ4n) is 2.75. The molecule has 2 aliphatic rings. The Labute approximate surface area is 126 Å². The molecule has 2 aliphatic heterocycles. The van der Waals surface area contributed by atoms with Crippen molar-refractivity contribution in [2.45, 2.75) is 51.2 Å². The van der Waals surface area contributed by atoms with Gasteiger partial charge in [-0.05, 0) is 20.4 Å². The van der Waals surface area contributed by atoms with Gasteiger partial charge in [-0.3, -0.25) is 4.90 Å². The average molecular weight is 312 g/mol. The van der Waals surface area contributed by atoms with Crippen molar-refractivity contribution in [3.05, 3.63) is 0 Å². The summed E-state index contributed by atoms with van der Waals surface area (Å²) in [5.74, 6) is -0.595. The Balaban J connectivity index is 0.00000200. The highest BCUT2D eigenvalue weighted by Crippen LogP contribution is 2.39. The summed E-state index contributed by atoms with van der Waals surface area (Å²) in [6, 6.07) is 0. The van der Waals surface area contributed by atoms with E-state index in [-0.39, 0.29) is 43.6 Å². The van der Waals surface area contributed by atoms with Crippen molar-refractivity contribution in [2.24, 2.45) is 0 Å². The number of nitrogens with zero attached hydrogens (tertiary/aromatic N) is 1. The first-order valence-electron chi connectivity index (χ1n) is 6.88. The quantitative estimate of drug-likeness (QED) is 0.776. The van der Waals surface area contributed by atoms with Crippen LogP contribution < -0.4 is 0 Å². The Kier molecular flexibility index (Phi) is 6.66. The van der Waals surface area contributed by atoms with Gasteiger partial charge in [0.1, 0.15) is 18.3 Å². The molecule has 4 atom stereocenters. The predicted molar refractivity (Wildman–Crippen MR) is 75.9 cm³/mol. The fraction of sp³-hybridized carbons (Fsp3) is 1.00. The van der Waals surface area contributed by atoms with Crippen LogP contribution in [-0.2, 0) is 18.9 Å². The second-order valence-electron chi connectivity index (χ2n) is 5.46. The Morgan fingerprint density at radius 1 is 1.25 bits per heavy atom. The molecule has 0 unspecified atom stereocenters. The third kappa shape index (κ3) is 3.82. The number of rotatable bonds is 6. The van der Waals surface area contributed by atoms with Crippen LogP contribution in [0.2, 0.25) is 0 Å². The zero-order chi connectivity index (χ0) is 14.0. The fourth-order valence-corrected chi connectivity index (χ4v) is 2.75. The van der Waals surface area contributed by atoms with Gasteiger partial charge in [-0.15, -0.1) is 12.4 Å². The van der Waals surface area contributed by atoms with Gasteiger partial charge in [0.2, 0.25) is 0 Å². The lowest BCUT2D eigenvalue weighted by Gasteiger charge is -2.27. The Bertz CT molecular complexity index is 304. The van der Waals surface area contributed by atoms with E-state index < -0.39 is 5.79 Å². The molecule has 0 aromatic rings. The number of aliphatic hydroxyl groups excluding tert-OH is 1. The van der Waals surface area contributed by atoms with E-state index >= 15 is 0 Å². The molecule has 0 amide bonds. The number of halogens is 1. The summed E-state index contributed by atoms with van der Waals surface area (Å²) in [6.45, 7) is 8.21. The van der Waals surface area contributed by atoms with Gasteiger partial charge in [-0.1, -0.05) is 6.92 Å². The lowest BCUT2D eigenvalue weighted by molar-refractivity contribution is -0.228. The highest BCUT2D eigenvalue weighted by molar-refractivity contribution is 5.85. The summed E-state index contributed by atoms with van der Waals surface area (Å²) >= 11 is 0. The third-order valence-electron chi connectivity index (χ3n) is 3.64. The van der Waals surface area contributed by atoms with E-state index in [2.05, 4.69) is 11.8 Å². The number of methoxy groups -OCH3 is 1. The zero-order valence-corrected chi connectivity index (χ0v) is 13.4. The van der Waals surface area contributed by atoms with Crippen molar-refractivity contribution in [2.75, 3.05) is 33.4 Å². The zero-order valence-electron chi connectivity index (χ0n) is 12.6. The summed E-state index contributed by atoms with van der Waals surface area (Å²) in [5, 5.41) is 9.05. The second kappa shape index (κ2) is 7.35. The van der Waals surface area contributed by atoms with E-state index in [1.165, 1.54) is 0 Å². The lowest BCUT2D eigenvalue weighted by atomic mass is 10.1. The van der Waals surface area contributed by atoms with Gasteiger partial charge in [0.15, 0.2) is 12.1 Å². The standard InChI is InChI=1S/C13H25NO5.ClH/c1-5-14(6-7-15)8-9-10-11(12(16-4)17-9)19-13(2,3)18-10;/h9-12,15H,5-8H2,1-4H3;1H/t9-,10-,11-,12-;/m1./s1. The topological polar surface area (TPSA) is 60.4 Å². The summed E-state index contributed by atoms with van der Waals surface area (Å²) in [4.78, 5) is 2.13. The van der Waals surface area contributed by atoms with Crippen LogP contribution >= 0.6 is 12.4 Å². The van der Waals surface area contributed by atoms with E-state index in [9.17, 15) is 0 Å². The predicted octanol–water partition coefficient (Wildman–Crippen LogP) is 0.614. The SMILES string of the molecule is CCN(CCO)C[C@H]1O[C@@H](OC)[C@@H]2OC(C)(C)O[C@@H]21.Cl. The van der Waals surface area contributed by atoms with Gasteiger partial charge >= 0.3 is 0 Å². The van der Waals surface area contributed by atoms with E-state index in [0.717, 1.165) is 6.54 Å². The first kappa shape index (κ1) is 18.1. The summed E-state index contributed by atoms with van der Waals surface area (Å²) in [5.41, 5.74) is 0. The first-order chi connectivity index (χ1) is 9.00. The van der Waals surface area contributed by atoms with Gasteiger partial charge in [0.05, 0.1) is 6.61 Å². The van der Waals surface area contributed by atoms with Crippen molar-refractivity contribution in [1.82, 2.24) is 4.90 Å². The van der Waals surface area contributed by atoms with Gasteiger partial charge in [-0.2, -0.15) is 0 Å². The molecule has 0 saturated carbocycles. The highest BCUT2D eigenvalue weighted by Gasteiger charge is 2.55. The van der Waals surface area contributed by atoms with Gasteiger partial charge in [-0.25, -0.2) is 0 Å². The van der Waals surface area contributed by atoms with Gasteiger partial charge in [0, 0.05) is 20.2 Å². The largest absolute Gasteiger partial charge is 0.395 e. The van der Waals surface area contributed by atoms with Crippen LogP contribution in [0.25, 0.3) is 0 Å². The Morgan fingerprint density at radius 2 is 1.90 bits per heavy atom. The van der Waals surface area contributed by atoms with Crippen molar-refractivity contribution in [3.63, 3.8) is 0 Å². The molecule has 2 heterocycles. The smallest absolute Gasteiger partial charge is 0.186 e. The Hall–Kier alpha value is 0.0500. The Morgan fingerprint density at radius 3 is 2.45 bits per heavy atom. The van der Waals surface area contributed by atoms with E-state index in [1.54, 1.807) is 7.11 Å². The van der Waals surface area contributed by atoms with E-state index in [1.807, 2.05) is 13.8 Å². The second-order valence-corrected chi connectivity index (χ2v) is 5.46. The molecule has 1 N–H and O–H groups in total. The number of hydrogen-bond donors (Lipinski definition) is 1. The normalized spacial score (nSPS) is 35.1. The maximum absolute atomic E-state index is 9.05. The third-order valence-corrected chi connectivity index (χ3v) is 3.64. The molecule has 6 nitrogen and oxygen atoms in total. The molecule has 20 heavy (non-hydrogen) atoms. The minimum Gasteiger partial charge on any atom is -0.395 e. The van der Waals surface area contributed by atoms with Crippen LogP contribution in [0.3, 0.4) is 0 Å². The van der Waals surface area contributed by atoms with E-state index in [0.29, 0.717) is 13.1 Å². The summed E-state index contributed by atoms with van der Waals surface area (Å²) in [7, 11) is 1.62. The molecule has 0 spiro atoms. The number of likely N-dealkylation sites (N-methyl/N-ethyl adjacent to an activating group) is 1. The molecule has 0 radical (unpaired) electrons. The minimum absolute atomic E-state index is 0. The lowest BCUT2D eigenvalue weighted by Crippen LogP contribution is -2.41. The number of hydrogen-bond acceptors (Lipinski definition) is 6. The van der Waals surface area contributed by atoms with Crippen molar-refractivity contribution < 1.29 is 24.1 Å². The van der Waals surface area contributed by atoms with E-state index in [4.69, 9.17) is 24.1 Å². The molecule has 0 aliphatic carbocycles. The molecule has 120 valence electrons. The molecule has 2 rings (SSSR count). The van der Waals surface area contributed by atoms with Crippen LogP contribution in [0, 0.1) is 0 Å². The maximum Gasteiger partial charge on any atom is 0.186 e. The number of ether oxygens (including phenoxy) is 4. The van der Waals surface area contributed by atoms with Crippen LogP contribution in [0.1, 0.15) is 20.8 Å².